The summed E-state index contributed by atoms with van der Waals surface area (Å²) >= 11 is 0. The van der Waals surface area contributed by atoms with Crippen LogP contribution in [0.4, 0.5) is 17.3 Å². The van der Waals surface area contributed by atoms with Crippen molar-refractivity contribution in [1.29, 1.82) is 0 Å². The highest BCUT2D eigenvalue weighted by Crippen LogP contribution is 2.32. The number of ether oxygens (including phenoxy) is 1. The fraction of sp³-hybridized carbons (Fsp3) is 0.250. The Kier molecular flexibility index (Phi) is 6.42. The van der Waals surface area contributed by atoms with E-state index in [0.717, 1.165) is 28.2 Å². The number of para-hydroxylation sites is 1. The number of hydrogen-bond acceptors (Lipinski definition) is 6. The molecule has 3 N–H and O–H groups in total. The minimum atomic E-state index is -0.154. The van der Waals surface area contributed by atoms with Crippen molar-refractivity contribution in [3.63, 3.8) is 0 Å². The zero-order valence-electron chi connectivity index (χ0n) is 18.0. The number of carbonyl (C=O) groups is 2. The van der Waals surface area contributed by atoms with Crippen LogP contribution in [0.2, 0.25) is 0 Å². The van der Waals surface area contributed by atoms with E-state index in [0.29, 0.717) is 24.7 Å². The lowest BCUT2D eigenvalue weighted by Crippen LogP contribution is -2.28. The summed E-state index contributed by atoms with van der Waals surface area (Å²) in [6, 6.07) is 14.6. The van der Waals surface area contributed by atoms with Gasteiger partial charge in [-0.15, -0.1) is 0 Å². The van der Waals surface area contributed by atoms with Gasteiger partial charge in [0.15, 0.2) is 0 Å². The predicted molar refractivity (Wildman–Crippen MR) is 123 cm³/mol. The Hall–Kier alpha value is -3.78. The molecule has 4 rings (SSSR count). The molecule has 0 aliphatic carbocycles. The first-order chi connectivity index (χ1) is 15.5. The quantitative estimate of drug-likeness (QED) is 0.494. The van der Waals surface area contributed by atoms with Gasteiger partial charge in [0.1, 0.15) is 0 Å². The van der Waals surface area contributed by atoms with E-state index in [-0.39, 0.29) is 24.3 Å². The summed E-state index contributed by atoms with van der Waals surface area (Å²) in [7, 11) is 0. The lowest BCUT2D eigenvalue weighted by Gasteiger charge is -2.11. The van der Waals surface area contributed by atoms with Gasteiger partial charge >= 0.3 is 0 Å². The van der Waals surface area contributed by atoms with Gasteiger partial charge in [0.2, 0.25) is 11.9 Å². The first kappa shape index (κ1) is 21.5. The Balaban J connectivity index is 1.46. The molecule has 8 heteroatoms. The van der Waals surface area contributed by atoms with E-state index in [1.807, 2.05) is 38.1 Å². The van der Waals surface area contributed by atoms with Crippen molar-refractivity contribution < 1.29 is 14.3 Å². The van der Waals surface area contributed by atoms with Gasteiger partial charge in [-0.25, -0.2) is 9.97 Å². The summed E-state index contributed by atoms with van der Waals surface area (Å²) in [6.45, 7) is 4.84. The van der Waals surface area contributed by atoms with Gasteiger partial charge < -0.3 is 20.7 Å². The van der Waals surface area contributed by atoms with Crippen molar-refractivity contribution in [3.8, 4) is 11.3 Å². The highest BCUT2D eigenvalue weighted by molar-refractivity contribution is 6.00. The molecule has 0 unspecified atom stereocenters. The number of aromatic nitrogens is 2. The molecule has 2 amide bonds. The SMILES string of the molecule is CC(C)OCCNC(=O)c1ccc(Nc2ncc3c(n2)-c2ccccc2NC(=O)C3)cc1. The number of fused-ring (bicyclic) bond motifs is 3. The van der Waals surface area contributed by atoms with Crippen LogP contribution in [0, 0.1) is 0 Å². The van der Waals surface area contributed by atoms with Crippen LogP contribution in [-0.2, 0) is 16.0 Å². The summed E-state index contributed by atoms with van der Waals surface area (Å²) in [6.07, 6.45) is 2.03. The summed E-state index contributed by atoms with van der Waals surface area (Å²) in [5.41, 5.74) is 4.38. The molecule has 0 bridgehead atoms. The molecule has 0 saturated heterocycles. The lowest BCUT2D eigenvalue weighted by atomic mass is 10.1. The van der Waals surface area contributed by atoms with Crippen molar-refractivity contribution in [2.45, 2.75) is 26.4 Å². The molecule has 32 heavy (non-hydrogen) atoms. The van der Waals surface area contributed by atoms with Gasteiger partial charge in [0, 0.05) is 35.1 Å². The van der Waals surface area contributed by atoms with Crippen LogP contribution in [0.15, 0.2) is 54.7 Å². The van der Waals surface area contributed by atoms with Crippen molar-refractivity contribution in [3.05, 3.63) is 65.9 Å². The zero-order chi connectivity index (χ0) is 22.5. The molecule has 1 aliphatic rings. The minimum Gasteiger partial charge on any atom is -0.377 e. The molecule has 2 aromatic carbocycles. The molecule has 164 valence electrons. The average molecular weight is 431 g/mol. The van der Waals surface area contributed by atoms with Crippen LogP contribution in [0.1, 0.15) is 29.8 Å². The van der Waals surface area contributed by atoms with Crippen molar-refractivity contribution in [2.75, 3.05) is 23.8 Å². The van der Waals surface area contributed by atoms with Crippen LogP contribution in [0.3, 0.4) is 0 Å². The first-order valence-corrected chi connectivity index (χ1v) is 10.5. The summed E-state index contributed by atoms with van der Waals surface area (Å²) in [4.78, 5) is 33.4. The summed E-state index contributed by atoms with van der Waals surface area (Å²) in [5.74, 6) is 0.167. The Morgan fingerprint density at radius 1 is 1.16 bits per heavy atom. The van der Waals surface area contributed by atoms with Crippen LogP contribution in [-0.4, -0.2) is 41.0 Å². The first-order valence-electron chi connectivity index (χ1n) is 10.5. The molecular formula is C24H25N5O3. The third kappa shape index (κ3) is 5.09. The zero-order valence-corrected chi connectivity index (χ0v) is 18.0. The van der Waals surface area contributed by atoms with E-state index in [1.165, 1.54) is 0 Å². The Morgan fingerprint density at radius 3 is 2.72 bits per heavy atom. The maximum Gasteiger partial charge on any atom is 0.251 e. The number of nitrogens with zero attached hydrogens (tertiary/aromatic N) is 2. The van der Waals surface area contributed by atoms with Crippen LogP contribution < -0.4 is 16.0 Å². The van der Waals surface area contributed by atoms with Crippen LogP contribution >= 0.6 is 0 Å². The molecule has 8 nitrogen and oxygen atoms in total. The molecule has 3 aromatic rings. The van der Waals surface area contributed by atoms with Gasteiger partial charge in [-0.2, -0.15) is 0 Å². The average Bonchev–Trinajstić information content (AvgIpc) is 2.92. The number of carbonyl (C=O) groups excluding carboxylic acids is 2. The van der Waals surface area contributed by atoms with E-state index < -0.39 is 0 Å². The van der Waals surface area contributed by atoms with E-state index in [9.17, 15) is 9.59 Å². The molecule has 1 aromatic heterocycles. The second-order valence-electron chi connectivity index (χ2n) is 7.72. The Bertz CT molecular complexity index is 1130. The maximum atomic E-state index is 12.3. The van der Waals surface area contributed by atoms with Gasteiger partial charge in [-0.05, 0) is 44.2 Å². The van der Waals surface area contributed by atoms with Gasteiger partial charge in [0.05, 0.1) is 30.5 Å². The van der Waals surface area contributed by atoms with E-state index in [4.69, 9.17) is 4.74 Å². The van der Waals surface area contributed by atoms with Crippen LogP contribution in [0.25, 0.3) is 11.3 Å². The maximum absolute atomic E-state index is 12.3. The fourth-order valence-electron chi connectivity index (χ4n) is 3.39. The van der Waals surface area contributed by atoms with Crippen molar-refractivity contribution in [1.82, 2.24) is 15.3 Å². The number of rotatable bonds is 7. The predicted octanol–water partition coefficient (Wildman–Crippen LogP) is 3.54. The number of anilines is 3. The van der Waals surface area contributed by atoms with Gasteiger partial charge in [-0.1, -0.05) is 18.2 Å². The summed E-state index contributed by atoms with van der Waals surface area (Å²) < 4.78 is 5.43. The van der Waals surface area contributed by atoms with E-state index in [2.05, 4.69) is 25.9 Å². The summed E-state index contributed by atoms with van der Waals surface area (Å²) in [5, 5.41) is 8.91. The number of hydrogen-bond donors (Lipinski definition) is 3. The fourth-order valence-corrected chi connectivity index (χ4v) is 3.39. The number of amides is 2. The third-order valence-corrected chi connectivity index (χ3v) is 4.91. The molecule has 0 fully saturated rings. The minimum absolute atomic E-state index is 0.0925. The molecule has 1 aliphatic heterocycles. The molecule has 2 heterocycles. The van der Waals surface area contributed by atoms with Crippen molar-refractivity contribution in [2.24, 2.45) is 0 Å². The highest BCUT2D eigenvalue weighted by atomic mass is 16.5. The normalized spacial score (nSPS) is 12.4. The Labute approximate surface area is 186 Å². The largest absolute Gasteiger partial charge is 0.377 e. The van der Waals surface area contributed by atoms with Gasteiger partial charge in [-0.3, -0.25) is 9.59 Å². The molecule has 0 radical (unpaired) electrons. The van der Waals surface area contributed by atoms with E-state index in [1.54, 1.807) is 30.5 Å². The molecule has 0 atom stereocenters. The molecule has 0 spiro atoms. The topological polar surface area (TPSA) is 105 Å². The third-order valence-electron chi connectivity index (χ3n) is 4.91. The van der Waals surface area contributed by atoms with Crippen molar-refractivity contribution >= 4 is 29.1 Å². The molecule has 0 saturated carbocycles. The van der Waals surface area contributed by atoms with Gasteiger partial charge in [0.25, 0.3) is 5.91 Å². The monoisotopic (exact) mass is 431 g/mol. The second-order valence-corrected chi connectivity index (χ2v) is 7.72. The van der Waals surface area contributed by atoms with Crippen LogP contribution in [0.5, 0.6) is 0 Å². The lowest BCUT2D eigenvalue weighted by molar-refractivity contribution is -0.115. The molecular weight excluding hydrogens is 406 g/mol. The number of nitrogens with one attached hydrogen (secondary N) is 3. The number of benzene rings is 2. The highest BCUT2D eigenvalue weighted by Gasteiger charge is 2.20. The smallest absolute Gasteiger partial charge is 0.251 e. The van der Waals surface area contributed by atoms with E-state index >= 15 is 0 Å². The Morgan fingerprint density at radius 2 is 1.94 bits per heavy atom. The second kappa shape index (κ2) is 9.57. The standard InChI is InChI=1S/C24H25N5O3/c1-15(2)32-12-11-25-23(31)16-7-9-18(10-8-16)27-24-26-14-17-13-21(30)28-20-6-4-3-5-19(20)22(17)29-24/h3-10,14-15H,11-13H2,1-2H3,(H,25,31)(H,28,30)(H,26,27,29).